The van der Waals surface area contributed by atoms with Crippen LogP contribution in [0.5, 0.6) is 0 Å². The molecule has 0 fully saturated rings. The first-order chi connectivity index (χ1) is 17.3. The fourth-order valence-corrected chi connectivity index (χ4v) is 4.81. The van der Waals surface area contributed by atoms with Crippen LogP contribution in [-0.2, 0) is 29.2 Å². The molecule has 1 atom stereocenters. The molecular formula is C28H54O7S. The zero-order chi connectivity index (χ0) is 26.9. The molecule has 7 nitrogen and oxygen atoms in total. The summed E-state index contributed by atoms with van der Waals surface area (Å²) in [6.45, 7) is 4.67. The van der Waals surface area contributed by atoms with Gasteiger partial charge in [-0.05, 0) is 12.8 Å². The van der Waals surface area contributed by atoms with Crippen molar-refractivity contribution < 1.29 is 32.0 Å². The van der Waals surface area contributed by atoms with E-state index in [1.54, 1.807) is 0 Å². The smallest absolute Gasteiger partial charge is 0.327 e. The standard InChI is InChI=1S/C28H54O7S/c1-3-5-7-9-11-13-15-17-19-21-23-34-27(29)25-26(36(31,32)33)28(30)35-24-22-20-18-16-14-12-10-8-6-4-2/h26H,3-25H2,1-2H3,(H,31,32,33)/t26-/m0/s1. The lowest BCUT2D eigenvalue weighted by Gasteiger charge is -2.13. The van der Waals surface area contributed by atoms with Gasteiger partial charge in [-0.25, -0.2) is 0 Å². The number of unbranched alkanes of at least 4 members (excludes halogenated alkanes) is 18. The van der Waals surface area contributed by atoms with Crippen LogP contribution >= 0.6 is 0 Å². The van der Waals surface area contributed by atoms with Gasteiger partial charge in [-0.2, -0.15) is 8.42 Å². The molecular weight excluding hydrogens is 480 g/mol. The number of carbonyl (C=O) groups is 2. The molecule has 8 heteroatoms. The molecule has 0 heterocycles. The van der Waals surface area contributed by atoms with E-state index in [-0.39, 0.29) is 13.2 Å². The topological polar surface area (TPSA) is 107 Å². The zero-order valence-electron chi connectivity index (χ0n) is 23.1. The second-order valence-corrected chi connectivity index (χ2v) is 11.6. The van der Waals surface area contributed by atoms with E-state index < -0.39 is 33.7 Å². The first-order valence-electron chi connectivity index (χ1n) is 14.6. The summed E-state index contributed by atoms with van der Waals surface area (Å²) in [6.07, 6.45) is 22.1. The number of ether oxygens (including phenoxy) is 2. The summed E-state index contributed by atoms with van der Waals surface area (Å²) < 4.78 is 42.7. The van der Waals surface area contributed by atoms with Gasteiger partial charge in [0.1, 0.15) is 0 Å². The quantitative estimate of drug-likeness (QED) is 0.0693. The Morgan fingerprint density at radius 2 is 0.917 bits per heavy atom. The lowest BCUT2D eigenvalue weighted by atomic mass is 10.1. The van der Waals surface area contributed by atoms with E-state index in [1.807, 2.05) is 0 Å². The highest BCUT2D eigenvalue weighted by Crippen LogP contribution is 2.13. The van der Waals surface area contributed by atoms with Crippen molar-refractivity contribution in [2.24, 2.45) is 0 Å². The third kappa shape index (κ3) is 22.1. The van der Waals surface area contributed by atoms with E-state index in [9.17, 15) is 22.6 Å². The van der Waals surface area contributed by atoms with Crippen molar-refractivity contribution in [3.05, 3.63) is 0 Å². The van der Waals surface area contributed by atoms with E-state index in [2.05, 4.69) is 13.8 Å². The number of hydrogen-bond acceptors (Lipinski definition) is 6. The number of hydrogen-bond donors (Lipinski definition) is 1. The normalized spacial score (nSPS) is 12.4. The SMILES string of the molecule is CCCCCCCCCCCCOC(=O)C[C@@H](C(=O)OCCCCCCCCCCCC)S(=O)(=O)O. The van der Waals surface area contributed by atoms with Crippen LogP contribution in [0.2, 0.25) is 0 Å². The minimum Gasteiger partial charge on any atom is -0.466 e. The monoisotopic (exact) mass is 534 g/mol. The Labute approximate surface area is 221 Å². The van der Waals surface area contributed by atoms with Crippen molar-refractivity contribution in [3.63, 3.8) is 0 Å². The summed E-state index contributed by atoms with van der Waals surface area (Å²) in [7, 11) is -4.75. The van der Waals surface area contributed by atoms with Crippen molar-refractivity contribution in [2.75, 3.05) is 13.2 Å². The van der Waals surface area contributed by atoms with E-state index in [1.165, 1.54) is 77.0 Å². The van der Waals surface area contributed by atoms with Crippen LogP contribution < -0.4 is 0 Å². The van der Waals surface area contributed by atoms with Crippen LogP contribution in [0, 0.1) is 0 Å². The summed E-state index contributed by atoms with van der Waals surface area (Å²) in [5, 5.41) is -1.93. The highest BCUT2D eigenvalue weighted by Gasteiger charge is 2.35. The Hall–Kier alpha value is -1.15. The van der Waals surface area contributed by atoms with Gasteiger partial charge < -0.3 is 9.47 Å². The molecule has 0 unspecified atom stereocenters. The largest absolute Gasteiger partial charge is 0.466 e. The summed E-state index contributed by atoms with van der Waals surface area (Å²) in [6, 6.07) is 0. The first-order valence-corrected chi connectivity index (χ1v) is 16.1. The predicted molar refractivity (Wildman–Crippen MR) is 146 cm³/mol. The Bertz CT molecular complexity index is 634. The molecule has 0 amide bonds. The van der Waals surface area contributed by atoms with Crippen LogP contribution in [0.4, 0.5) is 0 Å². The van der Waals surface area contributed by atoms with E-state index in [0.717, 1.165) is 38.5 Å². The Balaban J connectivity index is 3.92. The van der Waals surface area contributed by atoms with Gasteiger partial charge in [-0.15, -0.1) is 0 Å². The highest BCUT2D eigenvalue weighted by molar-refractivity contribution is 7.87. The first kappa shape index (κ1) is 34.9. The zero-order valence-corrected chi connectivity index (χ0v) is 24.0. The second-order valence-electron chi connectivity index (χ2n) is 9.96. The summed E-state index contributed by atoms with van der Waals surface area (Å²) in [5.74, 6) is -1.91. The lowest BCUT2D eigenvalue weighted by Crippen LogP contribution is -2.34. The van der Waals surface area contributed by atoms with Crippen molar-refractivity contribution in [3.8, 4) is 0 Å². The van der Waals surface area contributed by atoms with Gasteiger partial charge in [0, 0.05) is 0 Å². The van der Waals surface area contributed by atoms with Crippen LogP contribution in [0.15, 0.2) is 0 Å². The summed E-state index contributed by atoms with van der Waals surface area (Å²) >= 11 is 0. The maximum Gasteiger partial charge on any atom is 0.327 e. The van der Waals surface area contributed by atoms with Crippen LogP contribution in [-0.4, -0.2) is 43.4 Å². The van der Waals surface area contributed by atoms with Gasteiger partial charge >= 0.3 is 11.9 Å². The van der Waals surface area contributed by atoms with E-state index in [4.69, 9.17) is 9.47 Å². The molecule has 36 heavy (non-hydrogen) atoms. The van der Waals surface area contributed by atoms with Crippen molar-refractivity contribution in [2.45, 2.75) is 154 Å². The molecule has 0 spiro atoms. The van der Waals surface area contributed by atoms with Gasteiger partial charge in [0.15, 0.2) is 5.25 Å². The Morgan fingerprint density at radius 1 is 0.583 bits per heavy atom. The number of esters is 2. The van der Waals surface area contributed by atoms with E-state index in [0.29, 0.717) is 12.8 Å². The van der Waals surface area contributed by atoms with Crippen LogP contribution in [0.1, 0.15) is 149 Å². The maximum atomic E-state index is 12.2. The molecule has 0 saturated heterocycles. The minimum absolute atomic E-state index is 0.0784. The molecule has 0 saturated carbocycles. The molecule has 0 aromatic carbocycles. The molecule has 0 aromatic heterocycles. The molecule has 0 aliphatic heterocycles. The molecule has 214 valence electrons. The molecule has 0 bridgehead atoms. The van der Waals surface area contributed by atoms with Crippen LogP contribution in [0.25, 0.3) is 0 Å². The van der Waals surface area contributed by atoms with Crippen molar-refractivity contribution in [1.29, 1.82) is 0 Å². The predicted octanol–water partition coefficient (Wildman–Crippen LogP) is 7.56. The molecule has 0 aliphatic carbocycles. The fraction of sp³-hybridized carbons (Fsp3) is 0.929. The lowest BCUT2D eigenvalue weighted by molar-refractivity contribution is -0.150. The third-order valence-electron chi connectivity index (χ3n) is 6.48. The Kier molecular flexibility index (Phi) is 23.4. The van der Waals surface area contributed by atoms with Crippen LogP contribution in [0.3, 0.4) is 0 Å². The summed E-state index contributed by atoms with van der Waals surface area (Å²) in [4.78, 5) is 24.2. The van der Waals surface area contributed by atoms with E-state index >= 15 is 0 Å². The maximum absolute atomic E-state index is 12.2. The minimum atomic E-state index is -4.75. The number of rotatable bonds is 26. The molecule has 0 radical (unpaired) electrons. The molecule has 0 aliphatic rings. The van der Waals surface area contributed by atoms with Gasteiger partial charge in [0.2, 0.25) is 0 Å². The number of carbonyl (C=O) groups excluding carboxylic acids is 2. The average molecular weight is 535 g/mol. The second kappa shape index (κ2) is 24.2. The van der Waals surface area contributed by atoms with Crippen molar-refractivity contribution in [1.82, 2.24) is 0 Å². The van der Waals surface area contributed by atoms with Gasteiger partial charge in [0.05, 0.1) is 19.6 Å². The van der Waals surface area contributed by atoms with Gasteiger partial charge in [-0.1, -0.05) is 129 Å². The summed E-state index contributed by atoms with van der Waals surface area (Å²) in [5.41, 5.74) is 0. The van der Waals surface area contributed by atoms with Gasteiger partial charge in [-0.3, -0.25) is 14.1 Å². The molecule has 0 rings (SSSR count). The Morgan fingerprint density at radius 3 is 1.28 bits per heavy atom. The molecule has 1 N–H and O–H groups in total. The fourth-order valence-electron chi connectivity index (χ4n) is 4.15. The van der Waals surface area contributed by atoms with Crippen molar-refractivity contribution >= 4 is 22.1 Å². The molecule has 0 aromatic rings. The van der Waals surface area contributed by atoms with Gasteiger partial charge in [0.25, 0.3) is 10.1 Å². The highest BCUT2D eigenvalue weighted by atomic mass is 32.2. The average Bonchev–Trinajstić information content (AvgIpc) is 2.83. The third-order valence-corrected chi connectivity index (χ3v) is 7.56.